The first-order chi connectivity index (χ1) is 9.29. The molecule has 0 saturated heterocycles. The monoisotopic (exact) mass is 252 g/mol. The summed E-state index contributed by atoms with van der Waals surface area (Å²) >= 11 is 0. The van der Waals surface area contributed by atoms with Gasteiger partial charge in [-0.25, -0.2) is 9.67 Å². The lowest BCUT2D eigenvalue weighted by Gasteiger charge is -2.02. The number of allylic oxidation sites excluding steroid dienone is 2. The maximum atomic E-state index is 4.60. The number of fused-ring (bicyclic) bond motifs is 1. The normalized spacial score (nSPS) is 11.7. The van der Waals surface area contributed by atoms with Gasteiger partial charge in [0.2, 0.25) is 0 Å². The van der Waals surface area contributed by atoms with E-state index >= 15 is 0 Å². The molecule has 19 heavy (non-hydrogen) atoms. The molecule has 0 aromatic carbocycles. The zero-order valence-electron chi connectivity index (χ0n) is 11.1. The third kappa shape index (κ3) is 2.05. The van der Waals surface area contributed by atoms with Gasteiger partial charge < -0.3 is 4.98 Å². The van der Waals surface area contributed by atoms with E-state index in [1.807, 2.05) is 36.9 Å². The first-order valence-corrected chi connectivity index (χ1v) is 6.38. The van der Waals surface area contributed by atoms with Gasteiger partial charge in [0.25, 0.3) is 0 Å². The molecule has 4 nitrogen and oxygen atoms in total. The van der Waals surface area contributed by atoms with E-state index in [0.29, 0.717) is 0 Å². The summed E-state index contributed by atoms with van der Waals surface area (Å²) in [7, 11) is 0. The van der Waals surface area contributed by atoms with Gasteiger partial charge in [-0.1, -0.05) is 12.2 Å². The molecule has 0 fully saturated rings. The molecule has 0 aliphatic rings. The molecule has 0 aliphatic heterocycles. The molecule has 0 radical (unpaired) electrons. The number of hydrogen-bond acceptors (Lipinski definition) is 2. The van der Waals surface area contributed by atoms with Gasteiger partial charge in [-0.15, -0.1) is 0 Å². The maximum absolute atomic E-state index is 4.60. The molecule has 3 heterocycles. The predicted molar refractivity (Wildman–Crippen MR) is 76.5 cm³/mol. The number of aryl methyl sites for hydroxylation is 1. The Hall–Kier alpha value is -2.36. The Morgan fingerprint density at radius 1 is 1.37 bits per heavy atom. The third-order valence-corrected chi connectivity index (χ3v) is 3.26. The van der Waals surface area contributed by atoms with Crippen molar-refractivity contribution in [3.8, 4) is 5.69 Å². The van der Waals surface area contributed by atoms with E-state index in [2.05, 4.69) is 33.4 Å². The van der Waals surface area contributed by atoms with Gasteiger partial charge in [-0.2, -0.15) is 5.10 Å². The van der Waals surface area contributed by atoms with Gasteiger partial charge in [0.15, 0.2) is 0 Å². The summed E-state index contributed by atoms with van der Waals surface area (Å²) in [4.78, 5) is 7.42. The molecule has 4 heteroatoms. The van der Waals surface area contributed by atoms with Crippen LogP contribution in [0.3, 0.4) is 0 Å². The van der Waals surface area contributed by atoms with Crippen LogP contribution in [-0.2, 0) is 6.42 Å². The molecule has 0 unspecified atom stereocenters. The van der Waals surface area contributed by atoms with Gasteiger partial charge in [0.05, 0.1) is 11.4 Å². The lowest BCUT2D eigenvalue weighted by Crippen LogP contribution is -1.96. The molecule has 0 amide bonds. The van der Waals surface area contributed by atoms with Crippen LogP contribution in [0.15, 0.2) is 42.9 Å². The van der Waals surface area contributed by atoms with Gasteiger partial charge in [-0.05, 0) is 38.0 Å². The minimum atomic E-state index is 0.889. The second kappa shape index (κ2) is 4.72. The molecule has 0 aliphatic carbocycles. The van der Waals surface area contributed by atoms with Crippen molar-refractivity contribution in [2.75, 3.05) is 0 Å². The van der Waals surface area contributed by atoms with Crippen molar-refractivity contribution in [1.82, 2.24) is 19.7 Å². The standard InChI is InChI=1S/C15H16N4/c1-3-4-5-12-10-19(18-11(12)2)14-7-9-17-15-13(14)6-8-16-15/h3-4,6-10H,5H2,1-2H3,(H,16,17)/b4-3-. The lowest BCUT2D eigenvalue weighted by atomic mass is 10.2. The van der Waals surface area contributed by atoms with Crippen molar-refractivity contribution >= 4 is 11.0 Å². The van der Waals surface area contributed by atoms with Gasteiger partial charge in [0, 0.05) is 24.0 Å². The van der Waals surface area contributed by atoms with E-state index in [0.717, 1.165) is 28.8 Å². The predicted octanol–water partition coefficient (Wildman–Crippen LogP) is 3.18. The average molecular weight is 252 g/mol. The Morgan fingerprint density at radius 2 is 2.26 bits per heavy atom. The van der Waals surface area contributed by atoms with Gasteiger partial charge >= 0.3 is 0 Å². The van der Waals surface area contributed by atoms with E-state index in [4.69, 9.17) is 0 Å². The minimum absolute atomic E-state index is 0.889. The summed E-state index contributed by atoms with van der Waals surface area (Å²) in [5.41, 5.74) is 4.26. The van der Waals surface area contributed by atoms with Crippen LogP contribution in [0.5, 0.6) is 0 Å². The van der Waals surface area contributed by atoms with Crippen LogP contribution in [0, 0.1) is 6.92 Å². The zero-order chi connectivity index (χ0) is 13.2. The van der Waals surface area contributed by atoms with E-state index in [1.165, 1.54) is 5.56 Å². The molecule has 0 bridgehead atoms. The average Bonchev–Trinajstić information content (AvgIpc) is 3.02. The summed E-state index contributed by atoms with van der Waals surface area (Å²) in [6, 6.07) is 4.02. The maximum Gasteiger partial charge on any atom is 0.139 e. The largest absolute Gasteiger partial charge is 0.346 e. The summed E-state index contributed by atoms with van der Waals surface area (Å²) < 4.78 is 1.94. The summed E-state index contributed by atoms with van der Waals surface area (Å²) in [6.07, 6.45) is 10.9. The van der Waals surface area contributed by atoms with Crippen LogP contribution in [0.1, 0.15) is 18.2 Å². The Labute approximate surface area is 111 Å². The summed E-state index contributed by atoms with van der Waals surface area (Å²) in [5, 5.41) is 5.69. The molecule has 1 N–H and O–H groups in total. The second-order valence-electron chi connectivity index (χ2n) is 4.53. The molecule has 0 saturated carbocycles. The molecule has 3 rings (SSSR count). The Balaban J connectivity index is 2.09. The second-order valence-corrected chi connectivity index (χ2v) is 4.53. The molecule has 96 valence electrons. The van der Waals surface area contributed by atoms with Crippen molar-refractivity contribution in [1.29, 1.82) is 0 Å². The van der Waals surface area contributed by atoms with Crippen LogP contribution < -0.4 is 0 Å². The van der Waals surface area contributed by atoms with Crippen LogP contribution in [0.25, 0.3) is 16.7 Å². The highest BCUT2D eigenvalue weighted by Crippen LogP contribution is 2.20. The van der Waals surface area contributed by atoms with Crippen LogP contribution in [0.2, 0.25) is 0 Å². The van der Waals surface area contributed by atoms with E-state index in [1.54, 1.807) is 6.20 Å². The highest BCUT2D eigenvalue weighted by atomic mass is 15.3. The van der Waals surface area contributed by atoms with Crippen molar-refractivity contribution in [3.63, 3.8) is 0 Å². The van der Waals surface area contributed by atoms with Crippen molar-refractivity contribution < 1.29 is 0 Å². The van der Waals surface area contributed by atoms with Gasteiger partial charge in [-0.3, -0.25) is 0 Å². The molecule has 0 atom stereocenters. The Bertz CT molecular complexity index is 734. The van der Waals surface area contributed by atoms with Crippen LogP contribution in [-0.4, -0.2) is 19.7 Å². The number of nitrogens with one attached hydrogen (secondary N) is 1. The third-order valence-electron chi connectivity index (χ3n) is 3.26. The van der Waals surface area contributed by atoms with Crippen LogP contribution in [0.4, 0.5) is 0 Å². The summed E-state index contributed by atoms with van der Waals surface area (Å²) in [5.74, 6) is 0. The number of H-pyrrole nitrogens is 1. The first-order valence-electron chi connectivity index (χ1n) is 6.38. The van der Waals surface area contributed by atoms with E-state index in [9.17, 15) is 0 Å². The Kier molecular flexibility index (Phi) is 2.91. The number of rotatable bonds is 3. The topological polar surface area (TPSA) is 46.5 Å². The smallest absolute Gasteiger partial charge is 0.139 e. The highest BCUT2D eigenvalue weighted by Gasteiger charge is 2.08. The molecule has 3 aromatic heterocycles. The highest BCUT2D eigenvalue weighted by molar-refractivity contribution is 5.84. The number of hydrogen-bond donors (Lipinski definition) is 1. The zero-order valence-corrected chi connectivity index (χ0v) is 11.1. The van der Waals surface area contributed by atoms with Crippen LogP contribution >= 0.6 is 0 Å². The van der Waals surface area contributed by atoms with Crippen molar-refractivity contribution in [3.05, 3.63) is 54.1 Å². The quantitative estimate of drug-likeness (QED) is 0.728. The fourth-order valence-corrected chi connectivity index (χ4v) is 2.21. The van der Waals surface area contributed by atoms with Crippen molar-refractivity contribution in [2.45, 2.75) is 20.3 Å². The summed E-state index contributed by atoms with van der Waals surface area (Å²) in [6.45, 7) is 4.08. The lowest BCUT2D eigenvalue weighted by molar-refractivity contribution is 0.868. The Morgan fingerprint density at radius 3 is 3.11 bits per heavy atom. The molecule has 0 spiro atoms. The molecule has 3 aromatic rings. The SMILES string of the molecule is C/C=C\Cc1cn(-c2ccnc3[nH]ccc23)nc1C. The number of pyridine rings is 1. The number of aromatic amines is 1. The number of aromatic nitrogens is 4. The first kappa shape index (κ1) is 11.7. The fraction of sp³-hybridized carbons (Fsp3) is 0.200. The fourth-order valence-electron chi connectivity index (χ4n) is 2.21. The van der Waals surface area contributed by atoms with E-state index in [-0.39, 0.29) is 0 Å². The van der Waals surface area contributed by atoms with Gasteiger partial charge in [0.1, 0.15) is 5.65 Å². The number of nitrogens with zero attached hydrogens (tertiary/aromatic N) is 3. The van der Waals surface area contributed by atoms with E-state index < -0.39 is 0 Å². The minimum Gasteiger partial charge on any atom is -0.346 e. The van der Waals surface area contributed by atoms with Crippen molar-refractivity contribution in [2.24, 2.45) is 0 Å². The molecular weight excluding hydrogens is 236 g/mol. The molecular formula is C15H16N4.